The summed E-state index contributed by atoms with van der Waals surface area (Å²) < 4.78 is 34.8. The van der Waals surface area contributed by atoms with Gasteiger partial charge in [0, 0.05) is 25.3 Å². The van der Waals surface area contributed by atoms with Gasteiger partial charge >= 0.3 is 14.4 Å². The minimum atomic E-state index is -1.45. The number of methoxy groups -OCH3 is 1. The van der Waals surface area contributed by atoms with Crippen molar-refractivity contribution in [3.8, 4) is 5.75 Å². The van der Waals surface area contributed by atoms with Crippen molar-refractivity contribution in [1.82, 2.24) is 9.88 Å². The zero-order chi connectivity index (χ0) is 19.7. The van der Waals surface area contributed by atoms with Crippen molar-refractivity contribution in [2.75, 3.05) is 38.8 Å². The number of likely N-dealkylation sites (N-methyl/N-ethyl adjacent to an activating group) is 1. The average molecular weight is 449 g/mol. The van der Waals surface area contributed by atoms with Crippen LogP contribution < -0.4 is 34.5 Å². The van der Waals surface area contributed by atoms with E-state index in [9.17, 15) is 23.5 Å². The summed E-state index contributed by atoms with van der Waals surface area (Å²) in [5.74, 6) is -2.03. The second-order valence-electron chi connectivity index (χ2n) is 6.42. The normalized spacial score (nSPS) is 14.7. The molecule has 2 aromatic rings. The number of hydrogen-bond donors (Lipinski definition) is 2. The maximum atomic E-state index is 15.0. The predicted octanol–water partition coefficient (Wildman–Crippen LogP) is -7.75. The number of carboxylic acids is 1. The first kappa shape index (κ1) is 30.4. The number of alkyl halides is 1. The van der Waals surface area contributed by atoms with Crippen LogP contribution in [-0.4, -0.2) is 64.0 Å². The first-order chi connectivity index (χ1) is 12.9. The van der Waals surface area contributed by atoms with Gasteiger partial charge in [0.1, 0.15) is 17.9 Å². The first-order valence-corrected chi connectivity index (χ1v) is 8.58. The van der Waals surface area contributed by atoms with E-state index in [-0.39, 0.29) is 57.5 Å². The van der Waals surface area contributed by atoms with Gasteiger partial charge in [-0.2, -0.15) is 0 Å². The molecule has 0 radical (unpaired) electrons. The fourth-order valence-electron chi connectivity index (χ4n) is 3.60. The number of fused-ring (bicyclic) bond motifs is 1. The smallest absolute Gasteiger partial charge is 1.00 e. The van der Waals surface area contributed by atoms with Crippen LogP contribution in [0.2, 0.25) is 0 Å². The summed E-state index contributed by atoms with van der Waals surface area (Å²) in [6, 6.07) is 1.20. The summed E-state index contributed by atoms with van der Waals surface area (Å²) in [4.78, 5) is 25.7. The number of nitrogens with zero attached hydrogens (tertiary/aromatic N) is 2. The summed E-state index contributed by atoms with van der Waals surface area (Å²) in [5.41, 5.74) is -0.986. The van der Waals surface area contributed by atoms with Gasteiger partial charge in [-0.15, -0.1) is 0 Å². The van der Waals surface area contributed by atoms with Gasteiger partial charge in [0.15, 0.2) is 11.6 Å². The number of benzene rings is 1. The van der Waals surface area contributed by atoms with Crippen LogP contribution in [0.15, 0.2) is 17.1 Å². The molecule has 1 aliphatic rings. The molecule has 170 valence electrons. The predicted molar refractivity (Wildman–Crippen MR) is 103 cm³/mol. The van der Waals surface area contributed by atoms with Gasteiger partial charge in [-0.05, 0) is 19.5 Å². The number of carboxylic acid groups (broad SMARTS) is 1. The standard InChI is InChI=1S/C18H21F2N3O4.B.3FH/c1-21-10-3-5-22(8-10)15-13(20)7-11-14(17(15)27-2)23(6-4-19)9-12(16(11)24)18(25)26;;;;/h7,9-10,21H,3-6,8H2,1-2H3,(H,25,26);;3*1H/q;+3;;;/p-3. The van der Waals surface area contributed by atoms with Crippen LogP contribution in [0.4, 0.5) is 14.5 Å². The summed E-state index contributed by atoms with van der Waals surface area (Å²) in [5, 5.41) is 12.2. The van der Waals surface area contributed by atoms with Crippen LogP contribution in [0.1, 0.15) is 16.8 Å². The Hall–Kier alpha value is -2.83. The van der Waals surface area contributed by atoms with Crippen LogP contribution in [0, 0.1) is 5.82 Å². The van der Waals surface area contributed by atoms with Crippen molar-refractivity contribution in [1.29, 1.82) is 0 Å². The maximum absolute atomic E-state index is 15.0. The Bertz CT molecular complexity index is 960. The van der Waals surface area contributed by atoms with Crippen LogP contribution in [-0.2, 0) is 6.54 Å². The molecule has 1 saturated heterocycles. The minimum Gasteiger partial charge on any atom is -1.00 e. The molecule has 0 aliphatic carbocycles. The summed E-state index contributed by atoms with van der Waals surface area (Å²) in [6.07, 6.45) is 1.89. The van der Waals surface area contributed by atoms with E-state index < -0.39 is 29.5 Å². The van der Waals surface area contributed by atoms with E-state index in [2.05, 4.69) is 5.32 Å². The van der Waals surface area contributed by atoms with Gasteiger partial charge in [-0.25, -0.2) is 13.6 Å². The number of ether oxygens (including phenoxy) is 1. The monoisotopic (exact) mass is 449 g/mol. The third-order valence-electron chi connectivity index (χ3n) is 4.92. The van der Waals surface area contributed by atoms with E-state index in [1.807, 2.05) is 11.9 Å². The molecule has 13 heteroatoms. The van der Waals surface area contributed by atoms with E-state index in [1.165, 1.54) is 11.7 Å². The maximum Gasteiger partial charge on any atom is 3.00 e. The van der Waals surface area contributed by atoms with Crippen molar-refractivity contribution in [3.05, 3.63) is 33.9 Å². The number of nitrogens with one attached hydrogen (secondary N) is 1. The molecule has 1 unspecified atom stereocenters. The molecule has 2 heterocycles. The number of aromatic carboxylic acids is 1. The fraction of sp³-hybridized carbons (Fsp3) is 0.444. The summed E-state index contributed by atoms with van der Waals surface area (Å²) in [6.45, 7) is 0.177. The van der Waals surface area contributed by atoms with E-state index in [0.717, 1.165) is 18.7 Å². The Balaban J connectivity index is 0. The third-order valence-corrected chi connectivity index (χ3v) is 4.92. The van der Waals surface area contributed by atoms with Gasteiger partial charge in [0.25, 0.3) is 0 Å². The minimum absolute atomic E-state index is 0. The van der Waals surface area contributed by atoms with Crippen molar-refractivity contribution in [2.24, 2.45) is 0 Å². The van der Waals surface area contributed by atoms with Crippen molar-refractivity contribution in [3.63, 3.8) is 0 Å². The molecule has 1 atom stereocenters. The average Bonchev–Trinajstić information content (AvgIpc) is 3.11. The molecule has 0 bridgehead atoms. The first-order valence-electron chi connectivity index (χ1n) is 8.58. The molecule has 0 saturated carbocycles. The SMILES string of the molecule is CNC1CCN(c2c(F)cc3c(=O)c(C(=O)O)cn(CCF)c3c2OC)C1.[B+3].[F-].[F-].[F-]. The molecule has 31 heavy (non-hydrogen) atoms. The van der Waals surface area contributed by atoms with Crippen LogP contribution >= 0.6 is 0 Å². The van der Waals surface area contributed by atoms with Gasteiger partial charge in [0.2, 0.25) is 5.43 Å². The van der Waals surface area contributed by atoms with E-state index >= 15 is 0 Å². The summed E-state index contributed by atoms with van der Waals surface area (Å²) in [7, 11) is 3.17. The Morgan fingerprint density at radius 3 is 2.48 bits per heavy atom. The third kappa shape index (κ3) is 5.27. The van der Waals surface area contributed by atoms with Crippen LogP contribution in [0.3, 0.4) is 0 Å². The van der Waals surface area contributed by atoms with Crippen molar-refractivity contribution in [2.45, 2.75) is 19.0 Å². The van der Waals surface area contributed by atoms with Crippen LogP contribution in [0.5, 0.6) is 5.75 Å². The number of aryl methyl sites for hydroxylation is 1. The van der Waals surface area contributed by atoms with Crippen molar-refractivity contribution >= 4 is 31.0 Å². The number of pyridine rings is 1. The molecule has 2 N–H and O–H groups in total. The van der Waals surface area contributed by atoms with E-state index in [0.29, 0.717) is 13.1 Å². The number of carbonyl (C=O) groups is 1. The molecule has 3 rings (SSSR count). The second-order valence-corrected chi connectivity index (χ2v) is 6.42. The quantitative estimate of drug-likeness (QED) is 0.337. The number of anilines is 1. The van der Waals surface area contributed by atoms with Gasteiger partial charge < -0.3 is 38.7 Å². The van der Waals surface area contributed by atoms with Gasteiger partial charge in [0.05, 0.1) is 24.6 Å². The zero-order valence-electron chi connectivity index (χ0n) is 16.8. The Kier molecular flexibility index (Phi) is 11.9. The van der Waals surface area contributed by atoms with E-state index in [1.54, 1.807) is 0 Å². The molecule has 1 fully saturated rings. The number of hydrogen-bond acceptors (Lipinski definition) is 5. The molecule has 7 nitrogen and oxygen atoms in total. The zero-order valence-corrected chi connectivity index (χ0v) is 16.8. The molecule has 0 amide bonds. The van der Waals surface area contributed by atoms with Gasteiger partial charge in [-0.3, -0.25) is 4.79 Å². The molecule has 1 aromatic carbocycles. The summed E-state index contributed by atoms with van der Waals surface area (Å²) >= 11 is 0. The van der Waals surface area contributed by atoms with E-state index in [4.69, 9.17) is 4.74 Å². The molecule has 1 aromatic heterocycles. The molecular weight excluding hydrogens is 428 g/mol. The Morgan fingerprint density at radius 2 is 2.00 bits per heavy atom. The van der Waals surface area contributed by atoms with Crippen LogP contribution in [0.25, 0.3) is 10.9 Å². The second kappa shape index (κ2) is 12.1. The largest absolute Gasteiger partial charge is 3.00 e. The van der Waals surface area contributed by atoms with Crippen molar-refractivity contribution < 1.29 is 37.5 Å². The Labute approximate surface area is 176 Å². The topological polar surface area (TPSA) is 83.8 Å². The molecule has 1 aliphatic heterocycles. The molecule has 0 spiro atoms. The Morgan fingerprint density at radius 1 is 1.35 bits per heavy atom. The molecular formula is C18H21BF5N3O4. The number of aromatic nitrogens is 1. The number of rotatable bonds is 6. The number of halogens is 5. The van der Waals surface area contributed by atoms with Gasteiger partial charge in [-0.1, -0.05) is 0 Å². The fourth-order valence-corrected chi connectivity index (χ4v) is 3.60.